The molecule has 0 saturated heterocycles. The number of benzene rings is 1. The van der Waals surface area contributed by atoms with Crippen LogP contribution in [0.1, 0.15) is 44.9 Å². The third-order valence-corrected chi connectivity index (χ3v) is 6.48. The number of ether oxygens (including phenoxy) is 1. The number of carbonyl (C=O) groups is 2. The Labute approximate surface area is 171 Å². The number of hydrogen-bond donors (Lipinski definition) is 3. The van der Waals surface area contributed by atoms with Crippen molar-refractivity contribution in [3.63, 3.8) is 0 Å². The van der Waals surface area contributed by atoms with Crippen molar-refractivity contribution in [2.75, 3.05) is 18.5 Å². The number of urea groups is 1. The molecule has 0 unspecified atom stereocenters. The molecule has 4 bridgehead atoms. The Hall–Kier alpha value is -2.75. The normalized spacial score (nSPS) is 29.0. The van der Waals surface area contributed by atoms with Crippen molar-refractivity contribution in [1.29, 1.82) is 5.26 Å². The third kappa shape index (κ3) is 4.81. The summed E-state index contributed by atoms with van der Waals surface area (Å²) in [5, 5.41) is 17.4. The molecule has 4 aliphatic rings. The summed E-state index contributed by atoms with van der Waals surface area (Å²) in [6.07, 6.45) is 7.53. The van der Waals surface area contributed by atoms with Crippen LogP contribution < -0.4 is 20.7 Å². The van der Waals surface area contributed by atoms with Gasteiger partial charge in [-0.3, -0.25) is 4.79 Å². The summed E-state index contributed by atoms with van der Waals surface area (Å²) in [6.45, 7) is 0.245. The van der Waals surface area contributed by atoms with Crippen molar-refractivity contribution in [1.82, 2.24) is 10.6 Å². The fourth-order valence-electron chi connectivity index (χ4n) is 5.84. The van der Waals surface area contributed by atoms with E-state index >= 15 is 0 Å². The van der Waals surface area contributed by atoms with Crippen molar-refractivity contribution in [2.24, 2.45) is 17.8 Å². The zero-order valence-electron chi connectivity index (χ0n) is 16.6. The van der Waals surface area contributed by atoms with Gasteiger partial charge >= 0.3 is 6.03 Å². The van der Waals surface area contributed by atoms with Gasteiger partial charge in [0, 0.05) is 30.3 Å². The summed E-state index contributed by atoms with van der Waals surface area (Å²) in [4.78, 5) is 24.6. The van der Waals surface area contributed by atoms with E-state index in [-0.39, 0.29) is 37.0 Å². The van der Waals surface area contributed by atoms with Gasteiger partial charge in [0.1, 0.15) is 11.8 Å². The molecule has 0 spiro atoms. The molecule has 4 aliphatic carbocycles. The molecule has 0 aliphatic heterocycles. The van der Waals surface area contributed by atoms with Gasteiger partial charge in [0.05, 0.1) is 0 Å². The highest BCUT2D eigenvalue weighted by molar-refractivity contribution is 5.91. The molecule has 4 fully saturated rings. The number of anilines is 1. The van der Waals surface area contributed by atoms with Gasteiger partial charge in [-0.05, 0) is 68.4 Å². The van der Waals surface area contributed by atoms with Crippen LogP contribution in [-0.2, 0) is 4.79 Å². The van der Waals surface area contributed by atoms with Crippen LogP contribution in [0.15, 0.2) is 24.3 Å². The Balaban J connectivity index is 1.20. The van der Waals surface area contributed by atoms with Gasteiger partial charge in [0.2, 0.25) is 5.91 Å². The minimum absolute atomic E-state index is 0.0229. The smallest absolute Gasteiger partial charge is 0.315 e. The fourth-order valence-corrected chi connectivity index (χ4v) is 5.84. The van der Waals surface area contributed by atoms with E-state index in [1.54, 1.807) is 24.3 Å². The van der Waals surface area contributed by atoms with E-state index in [1.165, 1.54) is 19.3 Å². The van der Waals surface area contributed by atoms with Gasteiger partial charge in [-0.1, -0.05) is 6.07 Å². The number of nitrogens with zero attached hydrogens (tertiary/aromatic N) is 1. The molecule has 0 heterocycles. The molecule has 154 valence electrons. The maximum atomic E-state index is 12.4. The molecule has 0 aromatic heterocycles. The lowest BCUT2D eigenvalue weighted by Gasteiger charge is -2.56. The number of nitriles is 1. The topological polar surface area (TPSA) is 103 Å². The van der Waals surface area contributed by atoms with Crippen molar-refractivity contribution in [3.05, 3.63) is 24.3 Å². The monoisotopic (exact) mass is 396 g/mol. The lowest BCUT2D eigenvalue weighted by Crippen LogP contribution is -2.61. The molecular formula is C22H28N4O3. The summed E-state index contributed by atoms with van der Waals surface area (Å²) in [6, 6.07) is 8.64. The summed E-state index contributed by atoms with van der Waals surface area (Å²) >= 11 is 0. The average molecular weight is 396 g/mol. The first-order valence-electron chi connectivity index (χ1n) is 10.5. The quantitative estimate of drug-likeness (QED) is 0.658. The molecule has 7 heteroatoms. The van der Waals surface area contributed by atoms with Crippen molar-refractivity contribution < 1.29 is 14.3 Å². The van der Waals surface area contributed by atoms with Gasteiger partial charge in [-0.25, -0.2) is 4.79 Å². The summed E-state index contributed by atoms with van der Waals surface area (Å²) in [7, 11) is 0. The van der Waals surface area contributed by atoms with Gasteiger partial charge in [-0.2, -0.15) is 5.26 Å². The molecule has 4 saturated carbocycles. The van der Waals surface area contributed by atoms with E-state index in [9.17, 15) is 9.59 Å². The molecule has 0 radical (unpaired) electrons. The Morgan fingerprint density at radius 1 is 1.14 bits per heavy atom. The second kappa shape index (κ2) is 8.32. The summed E-state index contributed by atoms with van der Waals surface area (Å²) in [5.74, 6) is 2.68. The van der Waals surface area contributed by atoms with Crippen LogP contribution in [0.2, 0.25) is 0 Å². The van der Waals surface area contributed by atoms with Gasteiger partial charge in [-0.15, -0.1) is 0 Å². The highest BCUT2D eigenvalue weighted by Gasteiger charge is 2.51. The average Bonchev–Trinajstić information content (AvgIpc) is 2.65. The van der Waals surface area contributed by atoms with Crippen LogP contribution in [0.5, 0.6) is 5.75 Å². The van der Waals surface area contributed by atoms with Crippen LogP contribution in [0.25, 0.3) is 0 Å². The van der Waals surface area contributed by atoms with Crippen molar-refractivity contribution in [2.45, 2.75) is 50.5 Å². The zero-order chi connectivity index (χ0) is 20.3. The highest BCUT2D eigenvalue weighted by Crippen LogP contribution is 2.55. The summed E-state index contributed by atoms with van der Waals surface area (Å²) < 4.78 is 5.23. The zero-order valence-corrected chi connectivity index (χ0v) is 16.6. The molecule has 29 heavy (non-hydrogen) atoms. The first kappa shape index (κ1) is 19.6. The minimum Gasteiger partial charge on any atom is -0.479 e. The molecule has 3 amide bonds. The molecule has 3 N–H and O–H groups in total. The second-order valence-electron chi connectivity index (χ2n) is 8.85. The standard InChI is InChI=1S/C22H28N4O3/c23-5-7-29-19-3-1-2-18(11-19)25-20(27)4-6-24-21(28)26-22-12-15-8-16(13-22)10-17(9-15)14-22/h1-3,11,15-17H,4,6-10,12-14H2,(H,25,27)(H2,24,26,28). The lowest BCUT2D eigenvalue weighted by molar-refractivity contribution is -0.116. The van der Waals surface area contributed by atoms with Crippen LogP contribution in [-0.4, -0.2) is 30.6 Å². The number of amides is 3. The summed E-state index contributed by atoms with van der Waals surface area (Å²) in [5.41, 5.74) is 0.578. The Morgan fingerprint density at radius 3 is 2.48 bits per heavy atom. The molecule has 0 atom stereocenters. The molecular weight excluding hydrogens is 368 g/mol. The predicted molar refractivity (Wildman–Crippen MR) is 108 cm³/mol. The first-order chi connectivity index (χ1) is 14.0. The lowest BCUT2D eigenvalue weighted by atomic mass is 9.53. The Morgan fingerprint density at radius 2 is 1.83 bits per heavy atom. The van der Waals surface area contributed by atoms with Gasteiger partial charge in [0.15, 0.2) is 6.61 Å². The number of rotatable bonds is 7. The SMILES string of the molecule is N#CCOc1cccc(NC(=O)CCNC(=O)NC23CC4CC(CC(C4)C2)C3)c1. The maximum Gasteiger partial charge on any atom is 0.315 e. The van der Waals surface area contributed by atoms with Gasteiger partial charge in [0.25, 0.3) is 0 Å². The molecule has 1 aromatic carbocycles. The molecule has 5 rings (SSSR count). The van der Waals surface area contributed by atoms with Crippen LogP contribution in [0.3, 0.4) is 0 Å². The molecule has 1 aromatic rings. The van der Waals surface area contributed by atoms with E-state index in [2.05, 4.69) is 16.0 Å². The van der Waals surface area contributed by atoms with E-state index in [4.69, 9.17) is 10.00 Å². The highest BCUT2D eigenvalue weighted by atomic mass is 16.5. The fraction of sp³-hybridized carbons (Fsp3) is 0.591. The van der Waals surface area contributed by atoms with Gasteiger partial charge < -0.3 is 20.7 Å². The predicted octanol–water partition coefficient (Wildman–Crippen LogP) is 3.19. The molecule has 7 nitrogen and oxygen atoms in total. The first-order valence-corrected chi connectivity index (χ1v) is 10.5. The van der Waals surface area contributed by atoms with E-state index in [0.29, 0.717) is 11.4 Å². The Kier molecular flexibility index (Phi) is 5.61. The van der Waals surface area contributed by atoms with Crippen molar-refractivity contribution in [3.8, 4) is 11.8 Å². The maximum absolute atomic E-state index is 12.4. The van der Waals surface area contributed by atoms with E-state index < -0.39 is 0 Å². The van der Waals surface area contributed by atoms with Crippen LogP contribution in [0, 0.1) is 29.1 Å². The Bertz CT molecular complexity index is 781. The number of nitrogens with one attached hydrogen (secondary N) is 3. The largest absolute Gasteiger partial charge is 0.479 e. The van der Waals surface area contributed by atoms with Crippen LogP contribution >= 0.6 is 0 Å². The van der Waals surface area contributed by atoms with E-state index in [0.717, 1.165) is 37.0 Å². The third-order valence-electron chi connectivity index (χ3n) is 6.48. The van der Waals surface area contributed by atoms with E-state index in [1.807, 2.05) is 6.07 Å². The minimum atomic E-state index is -0.183. The van der Waals surface area contributed by atoms with Crippen molar-refractivity contribution >= 4 is 17.6 Å². The van der Waals surface area contributed by atoms with Crippen LogP contribution in [0.4, 0.5) is 10.5 Å². The number of hydrogen-bond acceptors (Lipinski definition) is 4. The number of carbonyl (C=O) groups excluding carboxylic acids is 2. The second-order valence-corrected chi connectivity index (χ2v) is 8.85.